The zero-order valence-corrected chi connectivity index (χ0v) is 19.1. The van der Waals surface area contributed by atoms with Crippen LogP contribution in [0.2, 0.25) is 0 Å². The normalized spacial score (nSPS) is 11.2. The van der Waals surface area contributed by atoms with Gasteiger partial charge in [0.15, 0.2) is 5.69 Å². The molecule has 10 heteroatoms. The number of carbonyl (C=O) groups excluding carboxylic acids is 1. The van der Waals surface area contributed by atoms with Crippen molar-refractivity contribution in [3.63, 3.8) is 0 Å². The monoisotopic (exact) mass is 494 g/mol. The average molecular weight is 494 g/mol. The summed E-state index contributed by atoms with van der Waals surface area (Å²) in [6.07, 6.45) is -3.01. The molecule has 184 valence electrons. The Balaban J connectivity index is 1.48. The fourth-order valence-electron chi connectivity index (χ4n) is 3.42. The van der Waals surface area contributed by atoms with Crippen LogP contribution in [-0.4, -0.2) is 20.7 Å². The Bertz CT molecular complexity index is 1440. The van der Waals surface area contributed by atoms with Gasteiger partial charge >= 0.3 is 6.18 Å². The highest BCUT2D eigenvalue weighted by atomic mass is 19.4. The minimum atomic E-state index is -4.54. The number of pyridine rings is 1. The quantitative estimate of drug-likeness (QED) is 0.410. The number of aryl methyl sites for hydroxylation is 1. The van der Waals surface area contributed by atoms with E-state index in [4.69, 9.17) is 4.74 Å². The number of ether oxygens (including phenoxy) is 1. The van der Waals surface area contributed by atoms with Crippen LogP contribution < -0.4 is 15.5 Å². The number of hydrogen-bond acceptors (Lipinski definition) is 5. The molecule has 0 atom stereocenters. The molecule has 0 saturated carbocycles. The van der Waals surface area contributed by atoms with E-state index >= 15 is 0 Å². The number of aromatic nitrogens is 3. The molecule has 2 heterocycles. The molecule has 0 unspecified atom stereocenters. The molecule has 0 aliphatic rings. The Labute approximate surface area is 204 Å². The van der Waals surface area contributed by atoms with Gasteiger partial charge in [0.2, 0.25) is 11.3 Å². The van der Waals surface area contributed by atoms with Crippen LogP contribution in [0, 0.1) is 6.92 Å². The van der Waals surface area contributed by atoms with Crippen LogP contribution >= 0.6 is 0 Å². The number of amides is 1. The maximum Gasteiger partial charge on any atom is 0.416 e. The third kappa shape index (κ3) is 5.96. The van der Waals surface area contributed by atoms with Gasteiger partial charge in [-0.25, -0.2) is 9.67 Å². The second-order valence-electron chi connectivity index (χ2n) is 7.92. The van der Waals surface area contributed by atoms with Crippen LogP contribution in [0.4, 0.5) is 13.2 Å². The second kappa shape index (κ2) is 10.4. The molecule has 4 rings (SSSR count). The van der Waals surface area contributed by atoms with Crippen LogP contribution in [0.1, 0.15) is 32.9 Å². The van der Waals surface area contributed by atoms with Gasteiger partial charge in [-0.05, 0) is 42.3 Å². The molecule has 4 aromatic rings. The topological polar surface area (TPSA) is 86.1 Å². The predicted molar refractivity (Wildman–Crippen MR) is 126 cm³/mol. The maximum atomic E-state index is 13.1. The molecule has 1 N–H and O–H groups in total. The zero-order chi connectivity index (χ0) is 25.7. The van der Waals surface area contributed by atoms with Crippen molar-refractivity contribution in [1.29, 1.82) is 0 Å². The molecule has 0 aliphatic carbocycles. The van der Waals surface area contributed by atoms with E-state index in [1.54, 1.807) is 12.1 Å². The summed E-state index contributed by atoms with van der Waals surface area (Å²) in [7, 11) is 0. The number of nitrogens with one attached hydrogen (secondary N) is 1. The van der Waals surface area contributed by atoms with E-state index < -0.39 is 28.8 Å². The fourth-order valence-corrected chi connectivity index (χ4v) is 3.42. The summed E-state index contributed by atoms with van der Waals surface area (Å²) in [5.41, 5.74) is 0.0551. The lowest BCUT2D eigenvalue weighted by molar-refractivity contribution is -0.137. The average Bonchev–Trinajstić information content (AvgIpc) is 2.86. The number of nitrogens with zero attached hydrogens (tertiary/aromatic N) is 3. The molecule has 0 fully saturated rings. The van der Waals surface area contributed by atoms with Gasteiger partial charge in [-0.1, -0.05) is 36.4 Å². The largest absolute Gasteiger partial charge is 0.473 e. The molecular weight excluding hydrogens is 473 g/mol. The van der Waals surface area contributed by atoms with Gasteiger partial charge in [-0.2, -0.15) is 18.3 Å². The molecule has 0 radical (unpaired) electrons. The minimum Gasteiger partial charge on any atom is -0.473 e. The van der Waals surface area contributed by atoms with Crippen molar-refractivity contribution in [3.8, 4) is 11.6 Å². The highest BCUT2D eigenvalue weighted by molar-refractivity contribution is 5.92. The van der Waals surface area contributed by atoms with Crippen LogP contribution in [0.5, 0.6) is 5.88 Å². The Morgan fingerprint density at radius 1 is 1.00 bits per heavy atom. The van der Waals surface area contributed by atoms with Gasteiger partial charge in [-0.3, -0.25) is 9.59 Å². The van der Waals surface area contributed by atoms with Gasteiger partial charge in [0.05, 0.1) is 11.3 Å². The van der Waals surface area contributed by atoms with Gasteiger partial charge in [0.25, 0.3) is 5.91 Å². The van der Waals surface area contributed by atoms with Crippen LogP contribution in [0.3, 0.4) is 0 Å². The third-order valence-corrected chi connectivity index (χ3v) is 5.22. The van der Waals surface area contributed by atoms with E-state index in [0.29, 0.717) is 18.1 Å². The first-order valence-corrected chi connectivity index (χ1v) is 10.9. The number of alkyl halides is 3. The molecule has 0 bridgehead atoms. The molecule has 2 aromatic carbocycles. The molecule has 1 amide bonds. The van der Waals surface area contributed by atoms with Crippen LogP contribution in [0.15, 0.2) is 83.8 Å². The molecule has 0 aliphatic heterocycles. The minimum absolute atomic E-state index is 0.0571. The number of carbonyl (C=O) groups is 1. The number of halogens is 3. The van der Waals surface area contributed by atoms with Crippen molar-refractivity contribution < 1.29 is 22.7 Å². The molecule has 2 aromatic heterocycles. The van der Waals surface area contributed by atoms with Gasteiger partial charge < -0.3 is 10.1 Å². The van der Waals surface area contributed by atoms with Crippen LogP contribution in [-0.2, 0) is 19.3 Å². The van der Waals surface area contributed by atoms with Crippen molar-refractivity contribution in [2.75, 3.05) is 0 Å². The lowest BCUT2D eigenvalue weighted by atomic mass is 10.2. The maximum absolute atomic E-state index is 13.1. The summed E-state index contributed by atoms with van der Waals surface area (Å²) < 4.78 is 46.2. The first-order valence-electron chi connectivity index (χ1n) is 10.9. The van der Waals surface area contributed by atoms with Crippen molar-refractivity contribution >= 4 is 5.91 Å². The van der Waals surface area contributed by atoms with Gasteiger partial charge in [0, 0.05) is 30.6 Å². The van der Waals surface area contributed by atoms with Crippen molar-refractivity contribution in [2.45, 2.75) is 26.3 Å². The predicted octanol–water partition coefficient (Wildman–Crippen LogP) is 4.46. The summed E-state index contributed by atoms with van der Waals surface area (Å²) >= 11 is 0. The molecule has 0 spiro atoms. The van der Waals surface area contributed by atoms with Gasteiger partial charge in [0.1, 0.15) is 6.61 Å². The first kappa shape index (κ1) is 24.6. The SMILES string of the molecule is Cc1cc(=O)c(C(=O)NCc2ccnc(OCc3ccccc3)c2)nn1-c1cccc(C(F)(F)F)c1. The van der Waals surface area contributed by atoms with E-state index in [-0.39, 0.29) is 17.9 Å². The second-order valence-corrected chi connectivity index (χ2v) is 7.92. The standard InChI is InChI=1S/C26H21F3N4O3/c1-17-12-22(34)24(32-33(17)21-9-5-8-20(14-21)26(27,28)29)25(35)31-15-19-10-11-30-23(13-19)36-16-18-6-3-2-4-7-18/h2-14H,15-16H2,1H3,(H,31,35). The lowest BCUT2D eigenvalue weighted by Crippen LogP contribution is -2.31. The summed E-state index contributed by atoms with van der Waals surface area (Å²) in [6.45, 7) is 1.90. The summed E-state index contributed by atoms with van der Waals surface area (Å²) in [5.74, 6) is -0.393. The van der Waals surface area contributed by atoms with Crippen LogP contribution in [0.25, 0.3) is 5.69 Å². The molecule has 7 nitrogen and oxygen atoms in total. The Hall–Kier alpha value is -4.47. The van der Waals surface area contributed by atoms with E-state index in [2.05, 4.69) is 15.4 Å². The van der Waals surface area contributed by atoms with E-state index in [9.17, 15) is 22.8 Å². The van der Waals surface area contributed by atoms with E-state index in [1.807, 2.05) is 30.3 Å². The Kier molecular flexibility index (Phi) is 7.14. The molecule has 0 saturated heterocycles. The lowest BCUT2D eigenvalue weighted by Gasteiger charge is -2.13. The molecular formula is C26H21F3N4O3. The zero-order valence-electron chi connectivity index (χ0n) is 19.1. The van der Waals surface area contributed by atoms with Gasteiger partial charge in [-0.15, -0.1) is 0 Å². The Morgan fingerprint density at radius 2 is 1.78 bits per heavy atom. The first-order chi connectivity index (χ1) is 17.2. The summed E-state index contributed by atoms with van der Waals surface area (Å²) in [6, 6.07) is 18.5. The van der Waals surface area contributed by atoms with Crippen molar-refractivity contribution in [2.24, 2.45) is 0 Å². The third-order valence-electron chi connectivity index (χ3n) is 5.22. The highest BCUT2D eigenvalue weighted by Crippen LogP contribution is 2.30. The van der Waals surface area contributed by atoms with Crippen molar-refractivity contribution in [1.82, 2.24) is 20.1 Å². The smallest absolute Gasteiger partial charge is 0.416 e. The summed E-state index contributed by atoms with van der Waals surface area (Å²) in [4.78, 5) is 29.3. The fraction of sp³-hybridized carbons (Fsp3) is 0.154. The van der Waals surface area contributed by atoms with Crippen molar-refractivity contribution in [3.05, 3.63) is 117 Å². The van der Waals surface area contributed by atoms with E-state index in [0.717, 1.165) is 28.4 Å². The Morgan fingerprint density at radius 3 is 2.53 bits per heavy atom. The number of hydrogen-bond donors (Lipinski definition) is 1. The highest BCUT2D eigenvalue weighted by Gasteiger charge is 2.30. The summed E-state index contributed by atoms with van der Waals surface area (Å²) in [5, 5.41) is 6.66. The van der Waals surface area contributed by atoms with E-state index in [1.165, 1.54) is 25.3 Å². The molecule has 36 heavy (non-hydrogen) atoms. The number of benzene rings is 2. The number of rotatable bonds is 7.